The van der Waals surface area contributed by atoms with E-state index >= 15 is 0 Å². The van der Waals surface area contributed by atoms with Gasteiger partial charge in [0.2, 0.25) is 0 Å². The van der Waals surface area contributed by atoms with Crippen molar-refractivity contribution < 1.29 is 9.53 Å². The van der Waals surface area contributed by atoms with Crippen molar-refractivity contribution in [3.63, 3.8) is 0 Å². The Bertz CT molecular complexity index is 710. The molecule has 0 unspecified atom stereocenters. The van der Waals surface area contributed by atoms with Gasteiger partial charge in [0.1, 0.15) is 5.75 Å². The van der Waals surface area contributed by atoms with Gasteiger partial charge in [-0.2, -0.15) is 5.10 Å². The fraction of sp³-hybridized carbons (Fsp3) is 0.316. The third-order valence-electron chi connectivity index (χ3n) is 3.30. The van der Waals surface area contributed by atoms with Gasteiger partial charge in [0, 0.05) is 18.0 Å². The number of pyridine rings is 1. The molecule has 1 heterocycles. The van der Waals surface area contributed by atoms with Crippen LogP contribution in [0.25, 0.3) is 0 Å². The second kappa shape index (κ2) is 8.24. The monoisotopic (exact) mass is 325 g/mol. The summed E-state index contributed by atoms with van der Waals surface area (Å²) in [6.07, 6.45) is 3.41. The first-order chi connectivity index (χ1) is 11.5. The molecule has 0 aliphatic rings. The van der Waals surface area contributed by atoms with Crippen LogP contribution in [0.5, 0.6) is 5.75 Å². The summed E-state index contributed by atoms with van der Waals surface area (Å²) in [4.78, 5) is 16.5. The first-order valence-corrected chi connectivity index (χ1v) is 8.03. The van der Waals surface area contributed by atoms with E-state index < -0.39 is 0 Å². The van der Waals surface area contributed by atoms with Gasteiger partial charge in [-0.15, -0.1) is 0 Å². The number of rotatable bonds is 6. The summed E-state index contributed by atoms with van der Waals surface area (Å²) in [7, 11) is 0. The number of ether oxygens (including phenoxy) is 1. The molecule has 5 heteroatoms. The Kier molecular flexibility index (Phi) is 6.07. The SMILES string of the molecule is CC(C)Oc1ccccc1C(=O)N/N=C(\c1ccncc1)C(C)C. The average Bonchev–Trinajstić information content (AvgIpc) is 2.55. The summed E-state index contributed by atoms with van der Waals surface area (Å²) in [5.74, 6) is 0.420. The summed E-state index contributed by atoms with van der Waals surface area (Å²) in [6, 6.07) is 10.9. The number of nitrogens with zero attached hydrogens (tertiary/aromatic N) is 2. The molecule has 126 valence electrons. The van der Waals surface area contributed by atoms with Crippen LogP contribution in [0.1, 0.15) is 43.6 Å². The number of hydrogen-bond acceptors (Lipinski definition) is 4. The highest BCUT2D eigenvalue weighted by molar-refractivity contribution is 6.03. The Labute approximate surface area is 142 Å². The average molecular weight is 325 g/mol. The highest BCUT2D eigenvalue weighted by Crippen LogP contribution is 2.19. The van der Waals surface area contributed by atoms with Gasteiger partial charge in [-0.25, -0.2) is 5.43 Å². The number of aromatic nitrogens is 1. The first-order valence-electron chi connectivity index (χ1n) is 8.03. The molecule has 1 aromatic heterocycles. The summed E-state index contributed by atoms with van der Waals surface area (Å²) < 4.78 is 5.69. The van der Waals surface area contributed by atoms with Gasteiger partial charge in [-0.1, -0.05) is 26.0 Å². The zero-order valence-corrected chi connectivity index (χ0v) is 14.5. The van der Waals surface area contributed by atoms with Crippen LogP contribution in [0.15, 0.2) is 53.9 Å². The lowest BCUT2D eigenvalue weighted by Crippen LogP contribution is -2.23. The second-order valence-electron chi connectivity index (χ2n) is 5.99. The van der Waals surface area contributed by atoms with Gasteiger partial charge in [0.15, 0.2) is 0 Å². The van der Waals surface area contributed by atoms with Crippen LogP contribution in [0.4, 0.5) is 0 Å². The van der Waals surface area contributed by atoms with Crippen molar-refractivity contribution in [1.29, 1.82) is 0 Å². The van der Waals surface area contributed by atoms with Gasteiger partial charge in [0.25, 0.3) is 5.91 Å². The van der Waals surface area contributed by atoms with Crippen LogP contribution in [0.2, 0.25) is 0 Å². The largest absolute Gasteiger partial charge is 0.490 e. The molecule has 2 rings (SSSR count). The number of para-hydroxylation sites is 1. The molecule has 0 aliphatic heterocycles. The molecule has 1 aromatic carbocycles. The zero-order valence-electron chi connectivity index (χ0n) is 14.5. The van der Waals surface area contributed by atoms with Crippen molar-refractivity contribution in [2.75, 3.05) is 0 Å². The Morgan fingerprint density at radius 2 is 1.75 bits per heavy atom. The minimum Gasteiger partial charge on any atom is -0.490 e. The maximum absolute atomic E-state index is 12.5. The molecule has 0 saturated carbocycles. The van der Waals surface area contributed by atoms with Crippen molar-refractivity contribution in [2.45, 2.75) is 33.8 Å². The lowest BCUT2D eigenvalue weighted by Gasteiger charge is -2.14. The van der Waals surface area contributed by atoms with Crippen molar-refractivity contribution in [1.82, 2.24) is 10.4 Å². The highest BCUT2D eigenvalue weighted by Gasteiger charge is 2.14. The van der Waals surface area contributed by atoms with Gasteiger partial charge in [-0.05, 0) is 44.0 Å². The minimum absolute atomic E-state index is 0.00880. The number of amides is 1. The van der Waals surface area contributed by atoms with Gasteiger partial charge in [-0.3, -0.25) is 9.78 Å². The molecule has 1 amide bonds. The molecule has 0 saturated heterocycles. The molecule has 5 nitrogen and oxygen atoms in total. The lowest BCUT2D eigenvalue weighted by molar-refractivity contribution is 0.0949. The van der Waals surface area contributed by atoms with Crippen molar-refractivity contribution >= 4 is 11.6 Å². The molecular weight excluding hydrogens is 302 g/mol. The first kappa shape index (κ1) is 17.7. The summed E-state index contributed by atoms with van der Waals surface area (Å²) in [6.45, 7) is 7.91. The molecular formula is C19H23N3O2. The predicted octanol–water partition coefficient (Wildman–Crippen LogP) is 3.66. The van der Waals surface area contributed by atoms with E-state index in [-0.39, 0.29) is 17.9 Å². The lowest BCUT2D eigenvalue weighted by atomic mass is 10.0. The third-order valence-corrected chi connectivity index (χ3v) is 3.30. The number of carbonyl (C=O) groups is 1. The van der Waals surface area contributed by atoms with Gasteiger partial charge in [0.05, 0.1) is 17.4 Å². The number of carbonyl (C=O) groups excluding carboxylic acids is 1. The van der Waals surface area contributed by atoms with Crippen molar-refractivity contribution in [3.8, 4) is 5.75 Å². The van der Waals surface area contributed by atoms with Crippen LogP contribution < -0.4 is 10.2 Å². The maximum atomic E-state index is 12.5. The Balaban J connectivity index is 2.22. The third kappa shape index (κ3) is 4.65. The van der Waals surface area contributed by atoms with E-state index in [0.29, 0.717) is 11.3 Å². The second-order valence-corrected chi connectivity index (χ2v) is 5.99. The molecule has 24 heavy (non-hydrogen) atoms. The van der Waals surface area contributed by atoms with E-state index in [1.807, 2.05) is 45.9 Å². The number of hydrazone groups is 1. The molecule has 0 spiro atoms. The van der Waals surface area contributed by atoms with Crippen LogP contribution in [-0.4, -0.2) is 22.7 Å². The molecule has 0 fully saturated rings. The smallest absolute Gasteiger partial charge is 0.275 e. The van der Waals surface area contributed by atoms with Gasteiger partial charge < -0.3 is 4.74 Å². The summed E-state index contributed by atoms with van der Waals surface area (Å²) >= 11 is 0. The van der Waals surface area contributed by atoms with Crippen LogP contribution in [0, 0.1) is 5.92 Å². The van der Waals surface area contributed by atoms with E-state index in [1.54, 1.807) is 30.6 Å². The summed E-state index contributed by atoms with van der Waals surface area (Å²) in [5.41, 5.74) is 4.84. The van der Waals surface area contributed by atoms with Crippen molar-refractivity contribution in [2.24, 2.45) is 11.0 Å². The molecule has 0 bridgehead atoms. The van der Waals surface area contributed by atoms with Crippen LogP contribution in [0.3, 0.4) is 0 Å². The van der Waals surface area contributed by atoms with E-state index in [9.17, 15) is 4.79 Å². The normalized spacial score (nSPS) is 11.7. The topological polar surface area (TPSA) is 63.6 Å². The van der Waals surface area contributed by atoms with E-state index in [2.05, 4.69) is 15.5 Å². The van der Waals surface area contributed by atoms with E-state index in [0.717, 1.165) is 11.3 Å². The number of benzene rings is 1. The van der Waals surface area contributed by atoms with E-state index in [4.69, 9.17) is 4.74 Å². The fourth-order valence-corrected chi connectivity index (χ4v) is 2.23. The molecule has 0 aliphatic carbocycles. The fourth-order valence-electron chi connectivity index (χ4n) is 2.23. The number of nitrogens with one attached hydrogen (secondary N) is 1. The van der Waals surface area contributed by atoms with Gasteiger partial charge >= 0.3 is 0 Å². The zero-order chi connectivity index (χ0) is 17.5. The standard InChI is InChI=1S/C19H23N3O2/c1-13(2)18(15-9-11-20-12-10-15)21-22-19(23)16-7-5-6-8-17(16)24-14(3)4/h5-14H,1-4H3,(H,22,23)/b21-18-. The number of hydrogen-bond donors (Lipinski definition) is 1. The van der Waals surface area contributed by atoms with Crippen molar-refractivity contribution in [3.05, 3.63) is 59.9 Å². The molecule has 2 aromatic rings. The summed E-state index contributed by atoms with van der Waals surface area (Å²) in [5, 5.41) is 4.32. The Hall–Kier alpha value is -2.69. The predicted molar refractivity (Wildman–Crippen MR) is 95.3 cm³/mol. The quantitative estimate of drug-likeness (QED) is 0.651. The molecule has 0 radical (unpaired) electrons. The Morgan fingerprint density at radius 3 is 2.38 bits per heavy atom. The Morgan fingerprint density at radius 1 is 1.08 bits per heavy atom. The molecule has 1 N–H and O–H groups in total. The minimum atomic E-state index is -0.293. The maximum Gasteiger partial charge on any atom is 0.275 e. The van der Waals surface area contributed by atoms with Crippen LogP contribution >= 0.6 is 0 Å². The van der Waals surface area contributed by atoms with Crippen LogP contribution in [-0.2, 0) is 0 Å². The van der Waals surface area contributed by atoms with E-state index in [1.165, 1.54) is 0 Å². The molecule has 0 atom stereocenters. The highest BCUT2D eigenvalue weighted by atomic mass is 16.5.